The average Bonchev–Trinajstić information content (AvgIpc) is 2.19. The molecule has 0 aliphatic heterocycles. The van der Waals surface area contributed by atoms with Gasteiger partial charge in [-0.1, -0.05) is 11.8 Å². The van der Waals surface area contributed by atoms with Crippen molar-refractivity contribution in [2.24, 2.45) is 0 Å². The van der Waals surface area contributed by atoms with Crippen LogP contribution in [0.1, 0.15) is 22.3 Å². The Morgan fingerprint density at radius 1 is 1.54 bits per heavy atom. The maximum Gasteiger partial charge on any atom is 0.151 e. The van der Waals surface area contributed by atoms with Gasteiger partial charge in [-0.15, -0.1) is 0 Å². The van der Waals surface area contributed by atoms with Crippen molar-refractivity contribution in [1.29, 1.82) is 0 Å². The third-order valence-electron chi connectivity index (χ3n) is 1.37. The van der Waals surface area contributed by atoms with Gasteiger partial charge in [-0.25, -0.2) is 0 Å². The van der Waals surface area contributed by atoms with E-state index in [0.717, 1.165) is 6.29 Å². The maximum absolute atomic E-state index is 10.4. The number of rotatable bonds is 2. The van der Waals surface area contributed by atoms with Crippen LogP contribution in [0.25, 0.3) is 0 Å². The lowest BCUT2D eigenvalue weighted by atomic mass is 10.2. The Morgan fingerprint density at radius 2 is 2.38 bits per heavy atom. The van der Waals surface area contributed by atoms with Gasteiger partial charge in [0.15, 0.2) is 6.29 Å². The number of aldehydes is 1. The van der Waals surface area contributed by atoms with E-state index in [1.165, 1.54) is 6.20 Å². The lowest BCUT2D eigenvalue weighted by molar-refractivity contribution is 0.112. The predicted molar refractivity (Wildman–Crippen MR) is 48.2 cm³/mol. The topological polar surface area (TPSA) is 50.2 Å². The Kier molecular flexibility index (Phi) is 3.68. The zero-order valence-electron chi connectivity index (χ0n) is 7.03. The molecule has 3 heteroatoms. The normalized spacial score (nSPS) is 8.69. The van der Waals surface area contributed by atoms with E-state index in [9.17, 15) is 4.79 Å². The molecule has 1 heterocycles. The fraction of sp³-hybridized carbons (Fsp3) is 0.200. The second kappa shape index (κ2) is 5.07. The molecule has 0 saturated carbocycles. The molecule has 0 spiro atoms. The first-order valence-corrected chi connectivity index (χ1v) is 3.87. The Labute approximate surface area is 76.4 Å². The van der Waals surface area contributed by atoms with E-state index >= 15 is 0 Å². The van der Waals surface area contributed by atoms with Crippen molar-refractivity contribution < 1.29 is 9.90 Å². The summed E-state index contributed by atoms with van der Waals surface area (Å²) in [5.41, 5.74) is 1.20. The molecule has 0 unspecified atom stereocenters. The molecule has 0 amide bonds. The molecule has 0 radical (unpaired) electrons. The van der Waals surface area contributed by atoms with Crippen LogP contribution in [-0.2, 0) is 0 Å². The summed E-state index contributed by atoms with van der Waals surface area (Å²) in [7, 11) is 0. The van der Waals surface area contributed by atoms with Gasteiger partial charge >= 0.3 is 0 Å². The van der Waals surface area contributed by atoms with Crippen LogP contribution in [0.2, 0.25) is 0 Å². The van der Waals surface area contributed by atoms with E-state index in [1.807, 2.05) is 0 Å². The molecule has 0 atom stereocenters. The Hall–Kier alpha value is -1.66. The van der Waals surface area contributed by atoms with Gasteiger partial charge in [-0.2, -0.15) is 0 Å². The van der Waals surface area contributed by atoms with Gasteiger partial charge in [-0.3, -0.25) is 9.78 Å². The first kappa shape index (κ1) is 9.43. The van der Waals surface area contributed by atoms with Crippen molar-refractivity contribution in [2.45, 2.75) is 6.42 Å². The summed E-state index contributed by atoms with van der Waals surface area (Å²) in [6.07, 6.45) is 4.22. The monoisotopic (exact) mass is 175 g/mol. The lowest BCUT2D eigenvalue weighted by Gasteiger charge is -1.90. The van der Waals surface area contributed by atoms with Crippen molar-refractivity contribution in [3.63, 3.8) is 0 Å². The molecule has 0 aliphatic rings. The van der Waals surface area contributed by atoms with Crippen molar-refractivity contribution in [1.82, 2.24) is 4.98 Å². The highest BCUT2D eigenvalue weighted by Gasteiger charge is 1.90. The molecular formula is C10H9NO2. The van der Waals surface area contributed by atoms with Crippen molar-refractivity contribution >= 4 is 6.29 Å². The first-order chi connectivity index (χ1) is 6.36. The average molecular weight is 175 g/mol. The molecule has 0 saturated heterocycles. The zero-order valence-corrected chi connectivity index (χ0v) is 7.03. The van der Waals surface area contributed by atoms with Crippen molar-refractivity contribution in [3.8, 4) is 11.8 Å². The maximum atomic E-state index is 10.4. The van der Waals surface area contributed by atoms with Gasteiger partial charge in [-0.05, 0) is 6.07 Å². The molecule has 0 aliphatic carbocycles. The number of aliphatic hydroxyl groups excluding tert-OH is 1. The zero-order chi connectivity index (χ0) is 9.52. The van der Waals surface area contributed by atoms with E-state index < -0.39 is 0 Å². The highest BCUT2D eigenvalue weighted by molar-refractivity contribution is 5.74. The number of nitrogens with zero attached hydrogens (tertiary/aromatic N) is 1. The van der Waals surface area contributed by atoms with Gasteiger partial charge in [0, 0.05) is 29.9 Å². The number of pyridine rings is 1. The van der Waals surface area contributed by atoms with E-state index in [2.05, 4.69) is 16.8 Å². The second-order valence-corrected chi connectivity index (χ2v) is 2.40. The number of carbonyl (C=O) groups is 1. The highest BCUT2D eigenvalue weighted by Crippen LogP contribution is 1.97. The van der Waals surface area contributed by atoms with E-state index in [1.54, 1.807) is 12.3 Å². The third-order valence-corrected chi connectivity index (χ3v) is 1.37. The third kappa shape index (κ3) is 3.06. The van der Waals surface area contributed by atoms with Crippen LogP contribution in [0.4, 0.5) is 0 Å². The van der Waals surface area contributed by atoms with Crippen LogP contribution < -0.4 is 0 Å². The van der Waals surface area contributed by atoms with Crippen molar-refractivity contribution in [3.05, 3.63) is 29.6 Å². The molecular weight excluding hydrogens is 166 g/mol. The van der Waals surface area contributed by atoms with Gasteiger partial charge in [0.05, 0.1) is 6.61 Å². The SMILES string of the molecule is O=Cc1cncc(C#CCCO)c1. The molecule has 1 N–H and O–H groups in total. The smallest absolute Gasteiger partial charge is 0.151 e. The summed E-state index contributed by atoms with van der Waals surface area (Å²) in [5, 5.41) is 8.47. The first-order valence-electron chi connectivity index (χ1n) is 3.87. The van der Waals surface area contributed by atoms with Crippen LogP contribution in [-0.4, -0.2) is 23.0 Å². The van der Waals surface area contributed by atoms with Crippen LogP contribution in [0, 0.1) is 11.8 Å². The van der Waals surface area contributed by atoms with Crippen LogP contribution in [0.3, 0.4) is 0 Å². The number of aromatic nitrogens is 1. The fourth-order valence-electron chi connectivity index (χ4n) is 0.811. The number of hydrogen-bond donors (Lipinski definition) is 1. The van der Waals surface area contributed by atoms with Gasteiger partial charge in [0.1, 0.15) is 0 Å². The predicted octanol–water partition coefficient (Wildman–Crippen LogP) is 0.628. The van der Waals surface area contributed by atoms with E-state index in [0.29, 0.717) is 17.5 Å². The summed E-state index contributed by atoms with van der Waals surface area (Å²) in [5.74, 6) is 5.54. The van der Waals surface area contributed by atoms with Crippen LogP contribution in [0.5, 0.6) is 0 Å². The summed E-state index contributed by atoms with van der Waals surface area (Å²) >= 11 is 0. The van der Waals surface area contributed by atoms with E-state index in [4.69, 9.17) is 5.11 Å². The minimum Gasteiger partial charge on any atom is -0.395 e. The van der Waals surface area contributed by atoms with Gasteiger partial charge in [0.2, 0.25) is 0 Å². The van der Waals surface area contributed by atoms with E-state index in [-0.39, 0.29) is 6.61 Å². The minimum atomic E-state index is 0.0494. The lowest BCUT2D eigenvalue weighted by Crippen LogP contribution is -1.85. The number of hydrogen-bond acceptors (Lipinski definition) is 3. The molecule has 1 aromatic heterocycles. The second-order valence-electron chi connectivity index (χ2n) is 2.40. The van der Waals surface area contributed by atoms with Crippen LogP contribution >= 0.6 is 0 Å². The molecule has 13 heavy (non-hydrogen) atoms. The summed E-state index contributed by atoms with van der Waals surface area (Å²) in [4.78, 5) is 14.2. The molecule has 3 nitrogen and oxygen atoms in total. The number of carbonyl (C=O) groups excluding carboxylic acids is 1. The molecule has 1 aromatic rings. The molecule has 66 valence electrons. The summed E-state index contributed by atoms with van der Waals surface area (Å²) in [6.45, 7) is 0.0494. The quantitative estimate of drug-likeness (QED) is 0.529. The molecule has 0 fully saturated rings. The summed E-state index contributed by atoms with van der Waals surface area (Å²) < 4.78 is 0. The molecule has 0 bridgehead atoms. The standard InChI is InChI=1S/C10H9NO2/c12-4-2-1-3-9-5-10(8-13)7-11-6-9/h5-8,12H,2,4H2. The van der Waals surface area contributed by atoms with Crippen molar-refractivity contribution in [2.75, 3.05) is 6.61 Å². The number of aliphatic hydroxyl groups is 1. The molecule has 0 aromatic carbocycles. The largest absolute Gasteiger partial charge is 0.395 e. The van der Waals surface area contributed by atoms with Gasteiger partial charge in [0.25, 0.3) is 0 Å². The minimum absolute atomic E-state index is 0.0494. The molecule has 1 rings (SSSR count). The Balaban J connectivity index is 2.79. The fourth-order valence-corrected chi connectivity index (χ4v) is 0.811. The Bertz CT molecular complexity index is 349. The van der Waals surface area contributed by atoms with Crippen LogP contribution in [0.15, 0.2) is 18.5 Å². The highest BCUT2D eigenvalue weighted by atomic mass is 16.2. The summed E-state index contributed by atoms with van der Waals surface area (Å²) in [6, 6.07) is 1.66. The van der Waals surface area contributed by atoms with Gasteiger partial charge < -0.3 is 5.11 Å². The Morgan fingerprint density at radius 3 is 3.08 bits per heavy atom.